The van der Waals surface area contributed by atoms with Gasteiger partial charge in [0.15, 0.2) is 6.61 Å². The third-order valence-corrected chi connectivity index (χ3v) is 5.15. The number of aromatic nitrogens is 1. The second kappa shape index (κ2) is 8.67. The molecule has 0 unspecified atom stereocenters. The normalized spacial score (nSPS) is 11.0. The average Bonchev–Trinajstić information content (AvgIpc) is 3.26. The minimum absolute atomic E-state index is 0.290. The van der Waals surface area contributed by atoms with E-state index in [1.165, 1.54) is 6.08 Å². The van der Waals surface area contributed by atoms with Crippen LogP contribution in [-0.4, -0.2) is 22.9 Å². The van der Waals surface area contributed by atoms with Crippen LogP contribution in [0.4, 0.5) is 0 Å². The van der Waals surface area contributed by atoms with Crippen LogP contribution in [0.2, 0.25) is 4.34 Å². The van der Waals surface area contributed by atoms with Gasteiger partial charge < -0.3 is 9.30 Å². The molecule has 5 nitrogen and oxygen atoms in total. The Morgan fingerprint density at radius 2 is 2.07 bits per heavy atom. The van der Waals surface area contributed by atoms with E-state index in [4.69, 9.17) is 21.6 Å². The lowest BCUT2D eigenvalue weighted by molar-refractivity contribution is -0.136. The van der Waals surface area contributed by atoms with Crippen LogP contribution in [0.25, 0.3) is 17.0 Å². The molecule has 0 aliphatic carbocycles. The Morgan fingerprint density at radius 3 is 2.81 bits per heavy atom. The summed E-state index contributed by atoms with van der Waals surface area (Å²) in [6.45, 7) is 0.247. The molecule has 0 N–H and O–H groups in total. The van der Waals surface area contributed by atoms with Crippen molar-refractivity contribution in [1.29, 1.82) is 5.26 Å². The zero-order valence-corrected chi connectivity index (χ0v) is 15.8. The number of nitrogens with zero attached hydrogens (tertiary/aromatic N) is 2. The van der Waals surface area contributed by atoms with Gasteiger partial charge in [-0.2, -0.15) is 5.26 Å². The summed E-state index contributed by atoms with van der Waals surface area (Å²) in [6, 6.07) is 13.1. The van der Waals surface area contributed by atoms with Crippen LogP contribution >= 0.6 is 22.9 Å². The van der Waals surface area contributed by atoms with Crippen LogP contribution in [0, 0.1) is 11.3 Å². The van der Waals surface area contributed by atoms with Gasteiger partial charge in [-0.1, -0.05) is 29.8 Å². The summed E-state index contributed by atoms with van der Waals surface area (Å²) >= 11 is 6.94. The highest BCUT2D eigenvalue weighted by molar-refractivity contribution is 7.18. The first-order chi connectivity index (χ1) is 13.1. The number of rotatable bonds is 7. The van der Waals surface area contributed by atoms with E-state index in [9.17, 15) is 9.59 Å². The van der Waals surface area contributed by atoms with E-state index in [1.54, 1.807) is 18.2 Å². The first-order valence-corrected chi connectivity index (χ1v) is 9.36. The van der Waals surface area contributed by atoms with Gasteiger partial charge in [-0.25, -0.2) is 4.79 Å². The van der Waals surface area contributed by atoms with Crippen LogP contribution in [0.5, 0.6) is 0 Å². The van der Waals surface area contributed by atoms with E-state index in [0.29, 0.717) is 22.2 Å². The van der Waals surface area contributed by atoms with Gasteiger partial charge in [-0.05, 0) is 24.3 Å². The fourth-order valence-electron chi connectivity index (χ4n) is 2.64. The molecule has 0 radical (unpaired) electrons. The van der Waals surface area contributed by atoms with Crippen LogP contribution in [0.3, 0.4) is 0 Å². The molecule has 2 heterocycles. The van der Waals surface area contributed by atoms with Crippen molar-refractivity contribution in [1.82, 2.24) is 4.57 Å². The largest absolute Gasteiger partial charge is 0.454 e. The number of Topliss-reactive ketones (excluding diaryl/α,β-unsaturated/α-hetero) is 1. The van der Waals surface area contributed by atoms with Crippen molar-refractivity contribution in [3.63, 3.8) is 0 Å². The van der Waals surface area contributed by atoms with Crippen LogP contribution in [0.1, 0.15) is 21.7 Å². The summed E-state index contributed by atoms with van der Waals surface area (Å²) in [5.74, 6) is -0.887. The van der Waals surface area contributed by atoms with Gasteiger partial charge in [0.05, 0.1) is 21.7 Å². The maximum absolute atomic E-state index is 11.9. The number of hydrogen-bond donors (Lipinski definition) is 0. The summed E-state index contributed by atoms with van der Waals surface area (Å²) in [4.78, 5) is 24.3. The molecule has 0 atom stereocenters. The Bertz CT molecular complexity index is 1060. The van der Waals surface area contributed by atoms with Crippen molar-refractivity contribution in [2.45, 2.75) is 13.0 Å². The highest BCUT2D eigenvalue weighted by Gasteiger charge is 2.11. The van der Waals surface area contributed by atoms with E-state index in [1.807, 2.05) is 35.0 Å². The Labute approximate surface area is 165 Å². The second-order valence-corrected chi connectivity index (χ2v) is 7.39. The number of fused-ring (bicyclic) bond motifs is 1. The van der Waals surface area contributed by atoms with Crippen LogP contribution in [0.15, 0.2) is 48.7 Å². The maximum Gasteiger partial charge on any atom is 0.331 e. The molecule has 0 saturated carbocycles. The summed E-state index contributed by atoms with van der Waals surface area (Å²) in [6.07, 6.45) is 5.24. The number of esters is 1. The Balaban J connectivity index is 1.67. The van der Waals surface area contributed by atoms with E-state index in [2.05, 4.69) is 6.07 Å². The van der Waals surface area contributed by atoms with Gasteiger partial charge in [-0.3, -0.25) is 4.79 Å². The maximum atomic E-state index is 11.9. The quantitative estimate of drug-likeness (QED) is 0.328. The molecular weight excluding hydrogens is 384 g/mol. The van der Waals surface area contributed by atoms with Crippen molar-refractivity contribution in [2.75, 3.05) is 6.61 Å². The number of nitriles is 1. The zero-order chi connectivity index (χ0) is 19.2. The van der Waals surface area contributed by atoms with Crippen molar-refractivity contribution in [3.8, 4) is 6.07 Å². The lowest BCUT2D eigenvalue weighted by atomic mass is 10.1. The molecule has 3 aromatic rings. The summed E-state index contributed by atoms with van der Waals surface area (Å²) in [5, 5.41) is 9.77. The van der Waals surface area contributed by atoms with Crippen molar-refractivity contribution < 1.29 is 14.3 Å². The number of carbonyl (C=O) groups is 2. The van der Waals surface area contributed by atoms with E-state index in [0.717, 1.165) is 27.8 Å². The Hall–Kier alpha value is -2.88. The monoisotopic (exact) mass is 398 g/mol. The third-order valence-electron chi connectivity index (χ3n) is 3.88. The predicted octanol–water partition coefficient (Wildman–Crippen LogP) is 4.71. The van der Waals surface area contributed by atoms with Crippen LogP contribution in [-0.2, 0) is 16.1 Å². The fourth-order valence-corrected chi connectivity index (χ4v) is 3.61. The number of para-hydroxylation sites is 1. The van der Waals surface area contributed by atoms with Crippen molar-refractivity contribution in [2.24, 2.45) is 0 Å². The van der Waals surface area contributed by atoms with Crippen molar-refractivity contribution >= 4 is 51.7 Å². The van der Waals surface area contributed by atoms with Crippen molar-refractivity contribution in [3.05, 3.63) is 63.4 Å². The summed E-state index contributed by atoms with van der Waals surface area (Å²) < 4.78 is 7.50. The second-order valence-electron chi connectivity index (χ2n) is 5.67. The predicted molar refractivity (Wildman–Crippen MR) is 106 cm³/mol. The molecule has 27 heavy (non-hydrogen) atoms. The van der Waals surface area contributed by atoms with E-state index < -0.39 is 5.97 Å². The SMILES string of the molecule is N#CCCn1cc(/C=C/C(=O)OCC(=O)c2ccc(Cl)s2)c2ccccc21. The molecule has 0 bridgehead atoms. The fraction of sp³-hybridized carbons (Fsp3) is 0.150. The molecule has 0 aliphatic rings. The van der Waals surface area contributed by atoms with Gasteiger partial charge in [-0.15, -0.1) is 11.3 Å². The van der Waals surface area contributed by atoms with Gasteiger partial charge >= 0.3 is 5.97 Å². The third kappa shape index (κ3) is 4.64. The lowest BCUT2D eigenvalue weighted by Crippen LogP contribution is -2.11. The lowest BCUT2D eigenvalue weighted by Gasteiger charge is -2.00. The molecule has 136 valence electrons. The number of aryl methyl sites for hydroxylation is 1. The van der Waals surface area contributed by atoms with Gasteiger partial charge in [0.1, 0.15) is 0 Å². The molecule has 7 heteroatoms. The average molecular weight is 399 g/mol. The first kappa shape index (κ1) is 18.9. The molecule has 0 amide bonds. The topological polar surface area (TPSA) is 72.1 Å². The molecule has 3 rings (SSSR count). The molecule has 2 aromatic heterocycles. The van der Waals surface area contributed by atoms with E-state index >= 15 is 0 Å². The minimum atomic E-state index is -0.597. The molecule has 0 aliphatic heterocycles. The van der Waals surface area contributed by atoms with Crippen LogP contribution < -0.4 is 0 Å². The number of ketones is 1. The zero-order valence-electron chi connectivity index (χ0n) is 14.2. The smallest absolute Gasteiger partial charge is 0.331 e. The van der Waals surface area contributed by atoms with Gasteiger partial charge in [0, 0.05) is 35.3 Å². The molecule has 0 spiro atoms. The number of ether oxygens (including phenoxy) is 1. The number of carbonyl (C=O) groups excluding carboxylic acids is 2. The highest BCUT2D eigenvalue weighted by atomic mass is 35.5. The highest BCUT2D eigenvalue weighted by Crippen LogP contribution is 2.23. The molecule has 0 fully saturated rings. The molecule has 0 saturated heterocycles. The summed E-state index contributed by atoms with van der Waals surface area (Å²) in [7, 11) is 0. The molecule has 1 aromatic carbocycles. The first-order valence-electron chi connectivity index (χ1n) is 8.16. The van der Waals surface area contributed by atoms with E-state index in [-0.39, 0.29) is 12.4 Å². The molecular formula is C20H15ClN2O3S. The number of benzene rings is 1. The Kier molecular flexibility index (Phi) is 6.07. The minimum Gasteiger partial charge on any atom is -0.454 e. The summed E-state index contributed by atoms with van der Waals surface area (Å²) in [5.41, 5.74) is 1.84. The number of halogens is 1. The standard InChI is InChI=1S/C20H15ClN2O3S/c21-19-8-7-18(27-19)17(24)13-26-20(25)9-6-14-12-23(11-3-10-22)16-5-2-1-4-15(14)16/h1-2,4-9,12H,3,11,13H2/b9-6+. The van der Waals surface area contributed by atoms with Gasteiger partial charge in [0.2, 0.25) is 5.78 Å². The number of thiophene rings is 1. The number of hydrogen-bond acceptors (Lipinski definition) is 5. The Morgan fingerprint density at radius 1 is 1.26 bits per heavy atom. The van der Waals surface area contributed by atoms with Gasteiger partial charge in [0.25, 0.3) is 0 Å².